The molecule has 0 saturated carbocycles. The average Bonchev–Trinajstić information content (AvgIpc) is 2.93. The number of rotatable bonds is 9. The second-order valence-electron chi connectivity index (χ2n) is 8.55. The minimum absolute atomic E-state index is 0.0797. The lowest BCUT2D eigenvalue weighted by atomic mass is 9.96. The van der Waals surface area contributed by atoms with Crippen LogP contribution in [0.25, 0.3) is 0 Å². The van der Waals surface area contributed by atoms with Crippen molar-refractivity contribution in [3.05, 3.63) is 102 Å². The zero-order valence-corrected chi connectivity index (χ0v) is 20.7. The highest BCUT2D eigenvalue weighted by Gasteiger charge is 2.28. The summed E-state index contributed by atoms with van der Waals surface area (Å²) >= 11 is 0. The van der Waals surface area contributed by atoms with E-state index in [1.807, 2.05) is 36.4 Å². The van der Waals surface area contributed by atoms with Gasteiger partial charge in [0.2, 0.25) is 21.8 Å². The van der Waals surface area contributed by atoms with Gasteiger partial charge in [-0.2, -0.15) is 0 Å². The first-order valence-corrected chi connectivity index (χ1v) is 13.4. The van der Waals surface area contributed by atoms with Crippen molar-refractivity contribution >= 4 is 21.8 Å². The molecule has 1 aliphatic heterocycles. The van der Waals surface area contributed by atoms with E-state index in [2.05, 4.69) is 39.2 Å². The summed E-state index contributed by atoms with van der Waals surface area (Å²) in [5.74, 6) is -0.750. The second-order valence-corrected chi connectivity index (χ2v) is 10.3. The summed E-state index contributed by atoms with van der Waals surface area (Å²) < 4.78 is 26.7. The normalized spacial score (nSPS) is 14.5. The van der Waals surface area contributed by atoms with Gasteiger partial charge in [-0.25, -0.2) is 13.1 Å². The number of carbonyl (C=O) groups excluding carboxylic acids is 2. The number of hydrogen-bond donors (Lipinski definition) is 2. The topological polar surface area (TPSA) is 98.8 Å². The molecule has 0 atom stereocenters. The van der Waals surface area contributed by atoms with Crippen LogP contribution in [0.2, 0.25) is 0 Å². The number of nitrogens with one attached hydrogen (secondary N) is 2. The van der Waals surface area contributed by atoms with Crippen LogP contribution in [0.5, 0.6) is 0 Å². The van der Waals surface area contributed by atoms with Crippen molar-refractivity contribution in [2.45, 2.75) is 10.9 Å². The Morgan fingerprint density at radius 1 is 0.722 bits per heavy atom. The van der Waals surface area contributed by atoms with Gasteiger partial charge in [0.15, 0.2) is 0 Å². The highest BCUT2D eigenvalue weighted by molar-refractivity contribution is 7.89. The predicted molar refractivity (Wildman–Crippen MR) is 138 cm³/mol. The van der Waals surface area contributed by atoms with Crippen LogP contribution in [-0.4, -0.2) is 69.3 Å². The molecule has 0 bridgehead atoms. The van der Waals surface area contributed by atoms with Crippen molar-refractivity contribution in [1.29, 1.82) is 0 Å². The molecule has 2 N–H and O–H groups in total. The summed E-state index contributed by atoms with van der Waals surface area (Å²) in [6.07, 6.45) is 0. The molecule has 0 radical (unpaired) electrons. The smallest absolute Gasteiger partial charge is 0.242 e. The molecular formula is C27H30N4O4S. The molecule has 1 aliphatic rings. The van der Waals surface area contributed by atoms with E-state index in [-0.39, 0.29) is 23.4 Å². The Morgan fingerprint density at radius 2 is 1.22 bits per heavy atom. The third-order valence-electron chi connectivity index (χ3n) is 6.18. The van der Waals surface area contributed by atoms with Crippen LogP contribution in [0.4, 0.5) is 0 Å². The molecule has 8 nitrogen and oxygen atoms in total. The molecule has 0 unspecified atom stereocenters. The summed E-state index contributed by atoms with van der Waals surface area (Å²) in [6, 6.07) is 28.6. The van der Waals surface area contributed by atoms with E-state index in [0.29, 0.717) is 26.2 Å². The van der Waals surface area contributed by atoms with Gasteiger partial charge in [-0.15, -0.1) is 0 Å². The molecular weight excluding hydrogens is 476 g/mol. The Kier molecular flexibility index (Phi) is 8.48. The number of sulfonamides is 1. The summed E-state index contributed by atoms with van der Waals surface area (Å²) in [5.41, 5.74) is 2.40. The number of carbonyl (C=O) groups is 2. The van der Waals surface area contributed by atoms with Crippen LogP contribution in [0.3, 0.4) is 0 Å². The zero-order chi connectivity index (χ0) is 25.4. The van der Waals surface area contributed by atoms with Gasteiger partial charge in [0.05, 0.1) is 24.0 Å². The lowest BCUT2D eigenvalue weighted by Gasteiger charge is -2.39. The highest BCUT2D eigenvalue weighted by atomic mass is 32.2. The monoisotopic (exact) mass is 506 g/mol. The van der Waals surface area contributed by atoms with E-state index in [1.54, 1.807) is 23.1 Å². The molecule has 4 rings (SSSR count). The number of benzene rings is 3. The summed E-state index contributed by atoms with van der Waals surface area (Å²) in [7, 11) is -3.79. The first kappa shape index (κ1) is 25.6. The van der Waals surface area contributed by atoms with Gasteiger partial charge in [-0.1, -0.05) is 78.9 Å². The molecule has 9 heteroatoms. The fourth-order valence-electron chi connectivity index (χ4n) is 4.31. The van der Waals surface area contributed by atoms with Crippen molar-refractivity contribution in [3.63, 3.8) is 0 Å². The number of hydrogen-bond acceptors (Lipinski definition) is 5. The minimum atomic E-state index is -3.79. The van der Waals surface area contributed by atoms with Crippen LogP contribution in [0.15, 0.2) is 95.9 Å². The summed E-state index contributed by atoms with van der Waals surface area (Å²) in [6.45, 7) is 1.88. The third kappa shape index (κ3) is 6.57. The molecule has 0 spiro atoms. The summed E-state index contributed by atoms with van der Waals surface area (Å²) in [5, 5.41) is 2.52. The predicted octanol–water partition coefficient (Wildman–Crippen LogP) is 2.01. The first-order valence-electron chi connectivity index (χ1n) is 11.9. The number of piperazine rings is 1. The molecule has 36 heavy (non-hydrogen) atoms. The standard InChI is InChI=1S/C27H30N4O4S/c32-25(20-29-36(34,35)24-14-8-3-9-15-24)28-21-26(33)30-16-18-31(19-17-30)27(22-10-4-1-5-11-22)23-12-6-2-7-13-23/h1-15,27,29H,16-21H2,(H,28,32). The Labute approximate surface area is 212 Å². The van der Waals surface area contributed by atoms with Crippen LogP contribution in [0.1, 0.15) is 17.2 Å². The van der Waals surface area contributed by atoms with E-state index >= 15 is 0 Å². The SMILES string of the molecule is O=C(CNS(=O)(=O)c1ccccc1)NCC(=O)N1CCN(C(c2ccccc2)c2ccccc2)CC1. The molecule has 2 amide bonds. The van der Waals surface area contributed by atoms with E-state index in [1.165, 1.54) is 23.3 Å². The minimum Gasteiger partial charge on any atom is -0.346 e. The maximum atomic E-state index is 12.7. The Bertz CT molecular complexity index is 1210. The van der Waals surface area contributed by atoms with Crippen molar-refractivity contribution in [1.82, 2.24) is 19.8 Å². The Hall–Kier alpha value is -3.53. The van der Waals surface area contributed by atoms with Gasteiger partial charge in [-0.3, -0.25) is 14.5 Å². The van der Waals surface area contributed by atoms with E-state index < -0.39 is 22.5 Å². The van der Waals surface area contributed by atoms with Crippen molar-refractivity contribution in [3.8, 4) is 0 Å². The van der Waals surface area contributed by atoms with E-state index in [9.17, 15) is 18.0 Å². The van der Waals surface area contributed by atoms with Gasteiger partial charge < -0.3 is 10.2 Å². The molecule has 1 saturated heterocycles. The molecule has 1 fully saturated rings. The lowest BCUT2D eigenvalue weighted by molar-refractivity contribution is -0.134. The van der Waals surface area contributed by atoms with Crippen molar-refractivity contribution in [2.24, 2.45) is 0 Å². The van der Waals surface area contributed by atoms with Crippen LogP contribution in [0, 0.1) is 0 Å². The van der Waals surface area contributed by atoms with Gasteiger partial charge in [0.1, 0.15) is 0 Å². The largest absolute Gasteiger partial charge is 0.346 e. The van der Waals surface area contributed by atoms with Crippen molar-refractivity contribution in [2.75, 3.05) is 39.3 Å². The number of amides is 2. The lowest BCUT2D eigenvalue weighted by Crippen LogP contribution is -2.52. The fraction of sp³-hybridized carbons (Fsp3) is 0.259. The highest BCUT2D eigenvalue weighted by Crippen LogP contribution is 2.29. The molecule has 0 aromatic heterocycles. The Morgan fingerprint density at radius 3 is 1.75 bits per heavy atom. The first-order chi connectivity index (χ1) is 17.4. The maximum Gasteiger partial charge on any atom is 0.242 e. The maximum absolute atomic E-state index is 12.7. The Balaban J connectivity index is 1.27. The third-order valence-corrected chi connectivity index (χ3v) is 7.59. The van der Waals surface area contributed by atoms with Gasteiger partial charge in [0, 0.05) is 26.2 Å². The molecule has 188 valence electrons. The molecule has 3 aromatic carbocycles. The zero-order valence-electron chi connectivity index (χ0n) is 19.9. The van der Waals surface area contributed by atoms with E-state index in [4.69, 9.17) is 0 Å². The number of nitrogens with zero attached hydrogens (tertiary/aromatic N) is 2. The van der Waals surface area contributed by atoms with E-state index in [0.717, 1.165) is 0 Å². The van der Waals surface area contributed by atoms with Crippen molar-refractivity contribution < 1.29 is 18.0 Å². The van der Waals surface area contributed by atoms with Gasteiger partial charge in [-0.05, 0) is 23.3 Å². The van der Waals surface area contributed by atoms with Crippen LogP contribution in [-0.2, 0) is 19.6 Å². The quantitative estimate of drug-likeness (QED) is 0.463. The van der Waals surface area contributed by atoms with Gasteiger partial charge >= 0.3 is 0 Å². The molecule has 0 aliphatic carbocycles. The van der Waals surface area contributed by atoms with Crippen LogP contribution >= 0.6 is 0 Å². The van der Waals surface area contributed by atoms with Crippen LogP contribution < -0.4 is 10.0 Å². The summed E-state index contributed by atoms with van der Waals surface area (Å²) in [4.78, 5) is 29.0. The fourth-order valence-corrected chi connectivity index (χ4v) is 5.31. The average molecular weight is 507 g/mol. The second kappa shape index (κ2) is 11.9. The molecule has 3 aromatic rings. The molecule has 1 heterocycles. The van der Waals surface area contributed by atoms with Gasteiger partial charge in [0.25, 0.3) is 0 Å².